The van der Waals surface area contributed by atoms with E-state index in [1.165, 1.54) is 12.1 Å². The Kier molecular flexibility index (Phi) is 6.64. The van der Waals surface area contributed by atoms with Crippen molar-refractivity contribution in [2.75, 3.05) is 38.1 Å². The van der Waals surface area contributed by atoms with E-state index in [1.54, 1.807) is 11.1 Å². The van der Waals surface area contributed by atoms with E-state index in [1.807, 2.05) is 14.0 Å². The fraction of sp³-hybridized carbons (Fsp3) is 0.565. The summed E-state index contributed by atoms with van der Waals surface area (Å²) in [6.45, 7) is 4.20. The monoisotopic (exact) mass is 448 g/mol. The molecule has 7 nitrogen and oxygen atoms in total. The highest BCUT2D eigenvalue weighted by atomic mass is 19.1. The number of ether oxygens (including phenoxy) is 1. The number of rotatable bonds is 8. The third-order valence-electron chi connectivity index (χ3n) is 6.14. The maximum Gasteiger partial charge on any atom is 0.407 e. The van der Waals surface area contributed by atoms with Crippen LogP contribution in [0.5, 0.6) is 0 Å². The standard InChI is InChI=1S/C23H30F2N4O3/c1-3-4-18(22(30)26-9-14-5-6-14)21-19(24)7-16(8-20(21)25)29-10-15(11-29)27-23(31)32-17-12-28(2)13-17/h7-9,15,17-18H,3-6,10-13H2,1-2H3,(H,26,30)(H,27,31). The summed E-state index contributed by atoms with van der Waals surface area (Å²) in [5.41, 5.74) is 1.34. The first-order chi connectivity index (χ1) is 15.3. The number of allylic oxidation sites excluding steroid dienone is 1. The van der Waals surface area contributed by atoms with Gasteiger partial charge in [0.2, 0.25) is 5.91 Å². The first-order valence-electron chi connectivity index (χ1n) is 11.2. The van der Waals surface area contributed by atoms with E-state index in [0.717, 1.165) is 31.5 Å². The second-order valence-electron chi connectivity index (χ2n) is 8.97. The van der Waals surface area contributed by atoms with Crippen LogP contribution in [-0.2, 0) is 9.53 Å². The number of alkyl carbamates (subject to hydrolysis) is 1. The Morgan fingerprint density at radius 2 is 1.84 bits per heavy atom. The highest BCUT2D eigenvalue weighted by Gasteiger charge is 2.33. The van der Waals surface area contributed by atoms with Crippen LogP contribution in [0.4, 0.5) is 19.3 Å². The first-order valence-corrected chi connectivity index (χ1v) is 11.2. The summed E-state index contributed by atoms with van der Waals surface area (Å²) in [6, 6.07) is 2.40. The smallest absolute Gasteiger partial charge is 0.407 e. The lowest BCUT2D eigenvalue weighted by Crippen LogP contribution is -2.60. The summed E-state index contributed by atoms with van der Waals surface area (Å²) in [5, 5.41) is 5.47. The van der Waals surface area contributed by atoms with Crippen molar-refractivity contribution in [2.45, 2.75) is 50.7 Å². The molecule has 2 amide bonds. The summed E-state index contributed by atoms with van der Waals surface area (Å²) in [6.07, 6.45) is 4.00. The molecule has 9 heteroatoms. The van der Waals surface area contributed by atoms with Crippen LogP contribution in [0.3, 0.4) is 0 Å². The summed E-state index contributed by atoms with van der Waals surface area (Å²) >= 11 is 0. The molecule has 1 atom stereocenters. The molecule has 1 unspecified atom stereocenters. The van der Waals surface area contributed by atoms with Crippen LogP contribution in [0.2, 0.25) is 0 Å². The highest BCUT2D eigenvalue weighted by molar-refractivity contribution is 5.85. The van der Waals surface area contributed by atoms with E-state index in [4.69, 9.17) is 4.74 Å². The summed E-state index contributed by atoms with van der Waals surface area (Å²) in [4.78, 5) is 28.3. The van der Waals surface area contributed by atoms with Crippen LogP contribution in [-0.4, -0.2) is 62.3 Å². The average Bonchev–Trinajstić information content (AvgIpc) is 3.50. The quantitative estimate of drug-likeness (QED) is 0.640. The molecule has 1 aromatic carbocycles. The first kappa shape index (κ1) is 22.5. The van der Waals surface area contributed by atoms with E-state index >= 15 is 0 Å². The number of carbonyl (C=O) groups is 2. The number of hydrogen-bond acceptors (Lipinski definition) is 5. The van der Waals surface area contributed by atoms with Crippen molar-refractivity contribution in [3.63, 3.8) is 0 Å². The molecule has 1 aromatic rings. The molecule has 2 saturated heterocycles. The summed E-state index contributed by atoms with van der Waals surface area (Å²) in [5.74, 6) is -2.72. The fourth-order valence-electron chi connectivity index (χ4n) is 4.12. The second-order valence-corrected chi connectivity index (χ2v) is 8.97. The third-order valence-corrected chi connectivity index (χ3v) is 6.14. The highest BCUT2D eigenvalue weighted by Crippen LogP contribution is 2.33. The van der Waals surface area contributed by atoms with Gasteiger partial charge in [0.1, 0.15) is 17.7 Å². The summed E-state index contributed by atoms with van der Waals surface area (Å²) < 4.78 is 35.2. The molecule has 0 bridgehead atoms. The van der Waals surface area contributed by atoms with Crippen molar-refractivity contribution in [1.29, 1.82) is 0 Å². The topological polar surface area (TPSA) is 73.9 Å². The summed E-state index contributed by atoms with van der Waals surface area (Å²) in [7, 11) is 1.95. The van der Waals surface area contributed by atoms with Gasteiger partial charge in [-0.3, -0.25) is 9.69 Å². The normalized spacial score (nSPS) is 19.6. The number of hydrogen-bond donors (Lipinski definition) is 2. The van der Waals surface area contributed by atoms with Gasteiger partial charge in [0.05, 0.1) is 12.0 Å². The Hall–Kier alpha value is -2.68. The zero-order chi connectivity index (χ0) is 22.8. The van der Waals surface area contributed by atoms with Crippen LogP contribution < -0.4 is 15.5 Å². The van der Waals surface area contributed by atoms with E-state index in [-0.39, 0.29) is 23.6 Å². The largest absolute Gasteiger partial charge is 0.444 e. The molecular weight excluding hydrogens is 418 g/mol. The van der Waals surface area contributed by atoms with Gasteiger partial charge in [0, 0.05) is 43.6 Å². The van der Waals surface area contributed by atoms with Crippen molar-refractivity contribution in [3.8, 4) is 0 Å². The molecule has 4 rings (SSSR count). The number of likely N-dealkylation sites (N-methyl/N-ethyl adjacent to an activating group) is 1. The molecule has 0 spiro atoms. The van der Waals surface area contributed by atoms with E-state index in [2.05, 4.69) is 15.5 Å². The van der Waals surface area contributed by atoms with Gasteiger partial charge in [-0.1, -0.05) is 18.9 Å². The number of nitrogens with one attached hydrogen (secondary N) is 2. The number of likely N-dealkylation sites (tertiary alicyclic amines) is 1. The van der Waals surface area contributed by atoms with Gasteiger partial charge in [-0.15, -0.1) is 0 Å². The number of carbonyl (C=O) groups excluding carboxylic acids is 2. The second kappa shape index (κ2) is 9.44. The molecule has 1 aliphatic carbocycles. The van der Waals surface area contributed by atoms with Gasteiger partial charge < -0.3 is 20.3 Å². The lowest BCUT2D eigenvalue weighted by atomic mass is 9.92. The number of halogens is 2. The zero-order valence-corrected chi connectivity index (χ0v) is 18.5. The van der Waals surface area contributed by atoms with Crippen LogP contribution in [0.25, 0.3) is 0 Å². The molecule has 32 heavy (non-hydrogen) atoms. The maximum atomic E-state index is 14.9. The van der Waals surface area contributed by atoms with Crippen molar-refractivity contribution in [2.24, 2.45) is 0 Å². The Morgan fingerprint density at radius 1 is 1.19 bits per heavy atom. The molecule has 2 aliphatic heterocycles. The lowest BCUT2D eigenvalue weighted by molar-refractivity contribution is -0.121. The van der Waals surface area contributed by atoms with Crippen LogP contribution in [0.15, 0.2) is 23.9 Å². The van der Waals surface area contributed by atoms with Gasteiger partial charge in [-0.2, -0.15) is 0 Å². The van der Waals surface area contributed by atoms with E-state index in [9.17, 15) is 18.4 Å². The minimum Gasteiger partial charge on any atom is -0.444 e. The van der Waals surface area contributed by atoms with Gasteiger partial charge in [-0.05, 0) is 38.4 Å². The minimum atomic E-state index is -0.879. The van der Waals surface area contributed by atoms with Crippen molar-refractivity contribution in [1.82, 2.24) is 15.5 Å². The van der Waals surface area contributed by atoms with Gasteiger partial charge in [0.15, 0.2) is 0 Å². The Labute approximate surface area is 186 Å². The zero-order valence-electron chi connectivity index (χ0n) is 18.5. The molecule has 2 N–H and O–H groups in total. The molecule has 174 valence electrons. The van der Waals surface area contributed by atoms with E-state index < -0.39 is 23.6 Å². The fourth-order valence-corrected chi connectivity index (χ4v) is 4.12. The molecule has 1 saturated carbocycles. The van der Waals surface area contributed by atoms with Crippen LogP contribution >= 0.6 is 0 Å². The molecule has 0 radical (unpaired) electrons. The van der Waals surface area contributed by atoms with Gasteiger partial charge in [0.25, 0.3) is 0 Å². The SMILES string of the molecule is CCCC(C(=O)NC=C1CC1)c1c(F)cc(N2CC(NC(=O)OC3CN(C)C3)C2)cc1F. The minimum absolute atomic E-state index is 0.0827. The predicted octanol–water partition coefficient (Wildman–Crippen LogP) is 2.87. The third kappa shape index (κ3) is 5.20. The van der Waals surface area contributed by atoms with Gasteiger partial charge in [-0.25, -0.2) is 13.6 Å². The molecule has 0 aromatic heterocycles. The number of anilines is 1. The Balaban J connectivity index is 1.35. The average molecular weight is 449 g/mol. The maximum absolute atomic E-state index is 14.9. The molecule has 2 heterocycles. The Morgan fingerprint density at radius 3 is 2.41 bits per heavy atom. The number of nitrogens with zero attached hydrogens (tertiary/aromatic N) is 2. The predicted molar refractivity (Wildman–Crippen MR) is 116 cm³/mol. The molecule has 3 aliphatic rings. The molecular formula is C23H30F2N4O3. The number of benzene rings is 1. The number of amides is 2. The van der Waals surface area contributed by atoms with Crippen molar-refractivity contribution >= 4 is 17.7 Å². The van der Waals surface area contributed by atoms with E-state index in [0.29, 0.717) is 31.6 Å². The van der Waals surface area contributed by atoms with Crippen molar-refractivity contribution in [3.05, 3.63) is 41.1 Å². The molecule has 3 fully saturated rings. The Bertz CT molecular complexity index is 881. The lowest BCUT2D eigenvalue weighted by Gasteiger charge is -2.42. The van der Waals surface area contributed by atoms with Gasteiger partial charge >= 0.3 is 6.09 Å². The van der Waals surface area contributed by atoms with Crippen LogP contribution in [0.1, 0.15) is 44.1 Å². The van der Waals surface area contributed by atoms with Crippen molar-refractivity contribution < 1.29 is 23.1 Å². The van der Waals surface area contributed by atoms with Crippen LogP contribution in [0, 0.1) is 11.6 Å².